The Balaban J connectivity index is 2.35. The zero-order valence-electron chi connectivity index (χ0n) is 9.70. The van der Waals surface area contributed by atoms with E-state index >= 15 is 0 Å². The molecule has 0 atom stereocenters. The summed E-state index contributed by atoms with van der Waals surface area (Å²) < 4.78 is 40.1. The lowest BCUT2D eigenvalue weighted by Crippen LogP contribution is -2.10. The molecular formula is C12H12F3N3. The van der Waals surface area contributed by atoms with Crippen LogP contribution in [0.4, 0.5) is 24.8 Å². The summed E-state index contributed by atoms with van der Waals surface area (Å²) in [5, 5.41) is 2.71. The van der Waals surface area contributed by atoms with Crippen LogP contribution in [0.5, 0.6) is 0 Å². The maximum absolute atomic E-state index is 12.8. The molecule has 0 aliphatic rings. The predicted molar refractivity (Wildman–Crippen MR) is 62.6 cm³/mol. The van der Waals surface area contributed by atoms with Gasteiger partial charge in [-0.2, -0.15) is 13.2 Å². The first-order valence-electron chi connectivity index (χ1n) is 5.46. The second kappa shape index (κ2) is 4.72. The number of imidazole rings is 1. The van der Waals surface area contributed by atoms with Crippen LogP contribution < -0.4 is 5.32 Å². The molecule has 0 unspecified atom stereocenters. The second-order valence-corrected chi connectivity index (χ2v) is 3.71. The molecule has 0 fully saturated rings. The number of aromatic nitrogens is 2. The molecule has 0 saturated carbocycles. The lowest BCUT2D eigenvalue weighted by Gasteiger charge is -2.14. The van der Waals surface area contributed by atoms with E-state index in [9.17, 15) is 13.2 Å². The number of halogens is 3. The molecule has 18 heavy (non-hydrogen) atoms. The van der Waals surface area contributed by atoms with Crippen LogP contribution in [-0.4, -0.2) is 9.55 Å². The van der Waals surface area contributed by atoms with Crippen LogP contribution in [0, 0.1) is 0 Å². The minimum absolute atomic E-state index is 0.00546. The summed E-state index contributed by atoms with van der Waals surface area (Å²) >= 11 is 0. The highest BCUT2D eigenvalue weighted by Gasteiger charge is 2.33. The Morgan fingerprint density at radius 2 is 2.00 bits per heavy atom. The maximum atomic E-state index is 12.8. The van der Waals surface area contributed by atoms with E-state index in [1.807, 2.05) is 6.92 Å². The molecule has 0 aliphatic carbocycles. The summed E-state index contributed by atoms with van der Waals surface area (Å²) in [7, 11) is 0. The number of alkyl halides is 3. The highest BCUT2D eigenvalue weighted by atomic mass is 19.4. The first kappa shape index (κ1) is 12.5. The van der Waals surface area contributed by atoms with E-state index in [1.54, 1.807) is 23.0 Å². The Labute approximate surface area is 102 Å². The van der Waals surface area contributed by atoms with E-state index in [0.717, 1.165) is 6.07 Å². The molecule has 0 saturated heterocycles. The third kappa shape index (κ3) is 2.47. The predicted octanol–water partition coefficient (Wildman–Crippen LogP) is 3.67. The van der Waals surface area contributed by atoms with E-state index < -0.39 is 11.7 Å². The van der Waals surface area contributed by atoms with E-state index in [2.05, 4.69) is 10.3 Å². The minimum atomic E-state index is -4.38. The third-order valence-corrected chi connectivity index (χ3v) is 2.54. The number of nitrogens with one attached hydrogen (secondary N) is 1. The normalized spacial score (nSPS) is 11.6. The number of hydrogen-bond donors (Lipinski definition) is 1. The Morgan fingerprint density at radius 3 is 2.67 bits per heavy atom. The van der Waals surface area contributed by atoms with Crippen molar-refractivity contribution >= 4 is 11.6 Å². The summed E-state index contributed by atoms with van der Waals surface area (Å²) in [4.78, 5) is 3.99. The number of anilines is 2. The van der Waals surface area contributed by atoms with Crippen LogP contribution in [0.3, 0.4) is 0 Å². The summed E-state index contributed by atoms with van der Waals surface area (Å²) in [6.07, 6.45) is -1.13. The molecule has 2 rings (SSSR count). The Bertz CT molecular complexity index is 531. The first-order chi connectivity index (χ1) is 8.52. The van der Waals surface area contributed by atoms with Gasteiger partial charge in [0.1, 0.15) is 0 Å². The molecule has 2 aromatic rings. The van der Waals surface area contributed by atoms with Gasteiger partial charge in [-0.05, 0) is 19.1 Å². The van der Waals surface area contributed by atoms with Gasteiger partial charge in [0.2, 0.25) is 5.95 Å². The van der Waals surface area contributed by atoms with Crippen molar-refractivity contribution in [3.63, 3.8) is 0 Å². The highest BCUT2D eigenvalue weighted by molar-refractivity contribution is 5.59. The zero-order valence-corrected chi connectivity index (χ0v) is 9.70. The number of hydrogen-bond acceptors (Lipinski definition) is 2. The van der Waals surface area contributed by atoms with Crippen molar-refractivity contribution in [2.45, 2.75) is 19.6 Å². The molecule has 6 heteroatoms. The standard InChI is InChI=1S/C12H12F3N3/c1-2-18-8-7-16-11(18)17-10-6-4-3-5-9(10)12(13,14)15/h3-8H,2H2,1H3,(H,16,17). The van der Waals surface area contributed by atoms with Gasteiger partial charge < -0.3 is 9.88 Å². The van der Waals surface area contributed by atoms with Crippen molar-refractivity contribution in [3.8, 4) is 0 Å². The molecule has 0 aliphatic heterocycles. The zero-order chi connectivity index (χ0) is 13.2. The lowest BCUT2D eigenvalue weighted by molar-refractivity contribution is -0.136. The number of rotatable bonds is 3. The molecule has 0 amide bonds. The average Bonchev–Trinajstić information content (AvgIpc) is 2.75. The number of para-hydroxylation sites is 1. The SMILES string of the molecule is CCn1ccnc1Nc1ccccc1C(F)(F)F. The van der Waals surface area contributed by atoms with Gasteiger partial charge in [-0.25, -0.2) is 4.98 Å². The van der Waals surface area contributed by atoms with Crippen molar-refractivity contribution in [2.75, 3.05) is 5.32 Å². The van der Waals surface area contributed by atoms with Crippen LogP contribution in [0.2, 0.25) is 0 Å². The third-order valence-electron chi connectivity index (χ3n) is 2.54. The Morgan fingerprint density at radius 1 is 1.28 bits per heavy atom. The fourth-order valence-electron chi connectivity index (χ4n) is 1.65. The molecular weight excluding hydrogens is 243 g/mol. The van der Waals surface area contributed by atoms with Crippen molar-refractivity contribution < 1.29 is 13.2 Å². The van der Waals surface area contributed by atoms with Crippen molar-refractivity contribution in [2.24, 2.45) is 0 Å². The molecule has 0 bridgehead atoms. The van der Waals surface area contributed by atoms with Crippen LogP contribution in [0.1, 0.15) is 12.5 Å². The molecule has 3 nitrogen and oxygen atoms in total. The monoisotopic (exact) mass is 255 g/mol. The molecule has 96 valence electrons. The minimum Gasteiger partial charge on any atom is -0.325 e. The van der Waals surface area contributed by atoms with Crippen LogP contribution in [-0.2, 0) is 12.7 Å². The van der Waals surface area contributed by atoms with Gasteiger partial charge in [0, 0.05) is 18.9 Å². The van der Waals surface area contributed by atoms with Gasteiger partial charge in [-0.1, -0.05) is 12.1 Å². The van der Waals surface area contributed by atoms with Gasteiger partial charge in [-0.3, -0.25) is 0 Å². The second-order valence-electron chi connectivity index (χ2n) is 3.71. The molecule has 0 spiro atoms. The van der Waals surface area contributed by atoms with E-state index in [0.29, 0.717) is 12.5 Å². The Hall–Kier alpha value is -1.98. The quantitative estimate of drug-likeness (QED) is 0.906. The summed E-state index contributed by atoms with van der Waals surface area (Å²) in [5.41, 5.74) is -0.693. The van der Waals surface area contributed by atoms with Crippen molar-refractivity contribution in [1.29, 1.82) is 0 Å². The molecule has 1 aromatic carbocycles. The van der Waals surface area contributed by atoms with Crippen molar-refractivity contribution in [3.05, 3.63) is 42.2 Å². The summed E-state index contributed by atoms with van der Waals surface area (Å²) in [6.45, 7) is 2.53. The topological polar surface area (TPSA) is 29.9 Å². The number of benzene rings is 1. The molecule has 1 N–H and O–H groups in total. The van der Waals surface area contributed by atoms with Crippen LogP contribution >= 0.6 is 0 Å². The average molecular weight is 255 g/mol. The lowest BCUT2D eigenvalue weighted by atomic mass is 10.1. The fraction of sp³-hybridized carbons (Fsp3) is 0.250. The summed E-state index contributed by atoms with van der Waals surface area (Å²) in [5.74, 6) is 0.397. The smallest absolute Gasteiger partial charge is 0.325 e. The number of aryl methyl sites for hydroxylation is 1. The Kier molecular flexibility index (Phi) is 3.27. The van der Waals surface area contributed by atoms with Crippen LogP contribution in [0.25, 0.3) is 0 Å². The first-order valence-corrected chi connectivity index (χ1v) is 5.46. The van der Waals surface area contributed by atoms with Gasteiger partial charge >= 0.3 is 6.18 Å². The largest absolute Gasteiger partial charge is 0.418 e. The van der Waals surface area contributed by atoms with E-state index in [-0.39, 0.29) is 5.69 Å². The molecule has 0 radical (unpaired) electrons. The fourth-order valence-corrected chi connectivity index (χ4v) is 1.65. The van der Waals surface area contributed by atoms with Crippen molar-refractivity contribution in [1.82, 2.24) is 9.55 Å². The van der Waals surface area contributed by atoms with Gasteiger partial charge in [0.25, 0.3) is 0 Å². The highest BCUT2D eigenvalue weighted by Crippen LogP contribution is 2.35. The van der Waals surface area contributed by atoms with Gasteiger partial charge in [-0.15, -0.1) is 0 Å². The van der Waals surface area contributed by atoms with Gasteiger partial charge in [0.15, 0.2) is 0 Å². The van der Waals surface area contributed by atoms with Gasteiger partial charge in [0.05, 0.1) is 11.3 Å². The number of nitrogens with zero attached hydrogens (tertiary/aromatic N) is 2. The summed E-state index contributed by atoms with van der Waals surface area (Å²) in [6, 6.07) is 5.34. The van der Waals surface area contributed by atoms with E-state index in [4.69, 9.17) is 0 Å². The molecule has 1 aromatic heterocycles. The maximum Gasteiger partial charge on any atom is 0.418 e. The van der Waals surface area contributed by atoms with E-state index in [1.165, 1.54) is 12.1 Å². The van der Waals surface area contributed by atoms with Crippen LogP contribution in [0.15, 0.2) is 36.7 Å². The molecule has 1 heterocycles.